The normalized spacial score (nSPS) is 23.3. The molecule has 1 N–H and O–H groups in total. The molecule has 2 aliphatic heterocycles. The highest BCUT2D eigenvalue weighted by Gasteiger charge is 2.32. The molecule has 7 heteroatoms. The van der Waals surface area contributed by atoms with Crippen LogP contribution in [-0.4, -0.2) is 85.4 Å². The van der Waals surface area contributed by atoms with Gasteiger partial charge in [-0.15, -0.1) is 12.4 Å². The number of hydrogen-bond acceptors (Lipinski definition) is 4. The van der Waals surface area contributed by atoms with Crippen LogP contribution in [0.4, 0.5) is 0 Å². The molecule has 0 aromatic carbocycles. The van der Waals surface area contributed by atoms with Crippen LogP contribution in [0.1, 0.15) is 32.1 Å². The first-order valence-corrected chi connectivity index (χ1v) is 9.12. The van der Waals surface area contributed by atoms with Crippen LogP contribution in [0.25, 0.3) is 0 Å². The number of carbonyl (C=O) groups is 2. The number of nitrogens with zero attached hydrogens (tertiary/aromatic N) is 3. The van der Waals surface area contributed by atoms with Crippen LogP contribution in [-0.2, 0) is 9.59 Å². The molecule has 0 aromatic rings. The van der Waals surface area contributed by atoms with Gasteiger partial charge >= 0.3 is 0 Å². The summed E-state index contributed by atoms with van der Waals surface area (Å²) in [4.78, 5) is 30.8. The van der Waals surface area contributed by atoms with E-state index in [1.165, 1.54) is 19.3 Å². The summed E-state index contributed by atoms with van der Waals surface area (Å²) in [7, 11) is 1.96. The van der Waals surface area contributed by atoms with E-state index in [0.717, 1.165) is 52.1 Å². The van der Waals surface area contributed by atoms with Crippen molar-refractivity contribution in [2.45, 2.75) is 38.1 Å². The number of rotatable bonds is 4. The Morgan fingerprint density at radius 2 is 1.67 bits per heavy atom. The Balaban J connectivity index is 0.00000208. The Kier molecular flexibility index (Phi) is 7.32. The monoisotopic (exact) mass is 358 g/mol. The van der Waals surface area contributed by atoms with Crippen LogP contribution in [0.5, 0.6) is 0 Å². The van der Waals surface area contributed by atoms with E-state index in [1.54, 1.807) is 0 Å². The first kappa shape index (κ1) is 19.5. The van der Waals surface area contributed by atoms with Crippen molar-refractivity contribution in [1.82, 2.24) is 20.0 Å². The van der Waals surface area contributed by atoms with Crippen LogP contribution >= 0.6 is 12.4 Å². The fourth-order valence-electron chi connectivity index (χ4n) is 3.82. The molecule has 3 fully saturated rings. The lowest BCUT2D eigenvalue weighted by atomic mass is 9.94. The van der Waals surface area contributed by atoms with Gasteiger partial charge in [0.2, 0.25) is 11.8 Å². The third-order valence-electron chi connectivity index (χ3n) is 5.69. The predicted molar refractivity (Wildman–Crippen MR) is 96.3 cm³/mol. The van der Waals surface area contributed by atoms with Crippen molar-refractivity contribution in [3.05, 3.63) is 0 Å². The van der Waals surface area contributed by atoms with E-state index in [2.05, 4.69) is 10.2 Å². The highest BCUT2D eigenvalue weighted by molar-refractivity contribution is 5.85. The molecule has 2 saturated heterocycles. The first-order chi connectivity index (χ1) is 11.1. The minimum Gasteiger partial charge on any atom is -0.342 e. The van der Waals surface area contributed by atoms with Crippen molar-refractivity contribution in [3.8, 4) is 0 Å². The molecule has 2 amide bonds. The van der Waals surface area contributed by atoms with Gasteiger partial charge in [-0.3, -0.25) is 14.5 Å². The van der Waals surface area contributed by atoms with Gasteiger partial charge in [0.15, 0.2) is 0 Å². The molecule has 0 radical (unpaired) electrons. The highest BCUT2D eigenvalue weighted by atomic mass is 35.5. The molecule has 1 aliphatic carbocycles. The maximum atomic E-state index is 12.5. The summed E-state index contributed by atoms with van der Waals surface area (Å²) in [6.07, 6.45) is 6.11. The zero-order valence-corrected chi connectivity index (χ0v) is 15.5. The molecule has 6 nitrogen and oxygen atoms in total. The number of nitrogens with one attached hydrogen (secondary N) is 1. The molecule has 0 spiro atoms. The number of amides is 2. The van der Waals surface area contributed by atoms with Crippen molar-refractivity contribution >= 4 is 24.2 Å². The Bertz CT molecular complexity index is 430. The fraction of sp³-hybridized carbons (Fsp3) is 0.882. The van der Waals surface area contributed by atoms with Crippen molar-refractivity contribution in [3.63, 3.8) is 0 Å². The highest BCUT2D eigenvalue weighted by Crippen LogP contribution is 2.21. The summed E-state index contributed by atoms with van der Waals surface area (Å²) >= 11 is 0. The van der Waals surface area contributed by atoms with Crippen LogP contribution in [0, 0.1) is 5.92 Å². The number of hydrogen-bond donors (Lipinski definition) is 1. The zero-order valence-electron chi connectivity index (χ0n) is 14.7. The molecule has 0 atom stereocenters. The molecule has 24 heavy (non-hydrogen) atoms. The first-order valence-electron chi connectivity index (χ1n) is 9.12. The van der Waals surface area contributed by atoms with E-state index < -0.39 is 0 Å². The van der Waals surface area contributed by atoms with E-state index in [0.29, 0.717) is 12.6 Å². The van der Waals surface area contributed by atoms with E-state index >= 15 is 0 Å². The van der Waals surface area contributed by atoms with Crippen LogP contribution in [0.3, 0.4) is 0 Å². The molecule has 0 bridgehead atoms. The number of carbonyl (C=O) groups excluding carboxylic acids is 2. The average molecular weight is 359 g/mol. The predicted octanol–water partition coefficient (Wildman–Crippen LogP) is 0.563. The molecular weight excluding hydrogens is 328 g/mol. The van der Waals surface area contributed by atoms with E-state index in [4.69, 9.17) is 0 Å². The van der Waals surface area contributed by atoms with Gasteiger partial charge in [-0.05, 0) is 12.8 Å². The molecule has 0 aromatic heterocycles. The summed E-state index contributed by atoms with van der Waals surface area (Å²) in [6.45, 7) is 5.30. The molecule has 138 valence electrons. The van der Waals surface area contributed by atoms with Crippen molar-refractivity contribution in [1.29, 1.82) is 0 Å². The Hall–Kier alpha value is -0.850. The third-order valence-corrected chi connectivity index (χ3v) is 5.69. The average Bonchev–Trinajstić information content (AvgIpc) is 2.54. The minimum absolute atomic E-state index is 0. The van der Waals surface area contributed by atoms with Crippen LogP contribution in [0.2, 0.25) is 0 Å². The maximum absolute atomic E-state index is 12.5. The van der Waals surface area contributed by atoms with E-state index in [1.807, 2.05) is 16.8 Å². The standard InChI is InChI=1S/C17H30N4O2.ClH/c1-19(15-5-3-2-4-6-15)16(22)13-20-7-9-21(10-8-20)17(23)14-11-18-12-14;/h14-15,18H,2-13H2,1H3;1H. The summed E-state index contributed by atoms with van der Waals surface area (Å²) < 4.78 is 0. The lowest BCUT2D eigenvalue weighted by Crippen LogP contribution is -2.57. The van der Waals surface area contributed by atoms with Gasteiger partial charge < -0.3 is 15.1 Å². The Morgan fingerprint density at radius 3 is 2.21 bits per heavy atom. The Labute approximate surface area is 151 Å². The van der Waals surface area contributed by atoms with E-state index in [-0.39, 0.29) is 30.1 Å². The summed E-state index contributed by atoms with van der Waals surface area (Å²) in [6, 6.07) is 0.435. The van der Waals surface area contributed by atoms with Gasteiger partial charge in [-0.25, -0.2) is 0 Å². The molecular formula is C17H31ClN4O2. The zero-order chi connectivity index (χ0) is 16.2. The second kappa shape index (κ2) is 9.02. The van der Waals surface area contributed by atoms with Gasteiger partial charge in [-0.2, -0.15) is 0 Å². The number of likely N-dealkylation sites (N-methyl/N-ethyl adjacent to an activating group) is 1. The lowest BCUT2D eigenvalue weighted by molar-refractivity contribution is -0.139. The number of piperazine rings is 1. The van der Waals surface area contributed by atoms with Gasteiger partial charge in [0.1, 0.15) is 0 Å². The molecule has 2 heterocycles. The quantitative estimate of drug-likeness (QED) is 0.798. The molecule has 1 saturated carbocycles. The second-order valence-electron chi connectivity index (χ2n) is 7.25. The summed E-state index contributed by atoms with van der Waals surface area (Å²) in [5.41, 5.74) is 0. The maximum Gasteiger partial charge on any atom is 0.236 e. The van der Waals surface area contributed by atoms with Crippen molar-refractivity contribution in [2.24, 2.45) is 5.92 Å². The largest absolute Gasteiger partial charge is 0.342 e. The third kappa shape index (κ3) is 4.61. The SMILES string of the molecule is CN(C(=O)CN1CCN(C(=O)C2CNC2)CC1)C1CCCCC1.Cl. The smallest absolute Gasteiger partial charge is 0.236 e. The molecule has 0 unspecified atom stereocenters. The second-order valence-corrected chi connectivity index (χ2v) is 7.25. The van der Waals surface area contributed by atoms with Crippen molar-refractivity contribution in [2.75, 3.05) is 52.9 Å². The summed E-state index contributed by atoms with van der Waals surface area (Å²) in [5.74, 6) is 0.703. The van der Waals surface area contributed by atoms with Crippen LogP contribution in [0.15, 0.2) is 0 Å². The van der Waals surface area contributed by atoms with Crippen molar-refractivity contribution < 1.29 is 9.59 Å². The summed E-state index contributed by atoms with van der Waals surface area (Å²) in [5, 5.41) is 3.15. The van der Waals surface area contributed by atoms with Crippen LogP contribution < -0.4 is 5.32 Å². The molecule has 3 rings (SSSR count). The number of halogens is 1. The lowest BCUT2D eigenvalue weighted by Gasteiger charge is -2.39. The van der Waals surface area contributed by atoms with Gasteiger partial charge in [-0.1, -0.05) is 19.3 Å². The topological polar surface area (TPSA) is 55.9 Å². The fourth-order valence-corrected chi connectivity index (χ4v) is 3.82. The minimum atomic E-state index is 0. The molecule has 3 aliphatic rings. The van der Waals surface area contributed by atoms with Gasteiger partial charge in [0, 0.05) is 52.4 Å². The van der Waals surface area contributed by atoms with Gasteiger partial charge in [0.25, 0.3) is 0 Å². The van der Waals surface area contributed by atoms with Gasteiger partial charge in [0.05, 0.1) is 12.5 Å². The van der Waals surface area contributed by atoms with E-state index in [9.17, 15) is 9.59 Å². The Morgan fingerprint density at radius 1 is 1.04 bits per heavy atom.